The second-order valence-corrected chi connectivity index (χ2v) is 5.12. The Morgan fingerprint density at radius 3 is 2.89 bits per heavy atom. The maximum atomic E-state index is 13.5. The minimum Gasteiger partial charge on any atom is -0.376 e. The molecule has 0 radical (unpaired) electrons. The van der Waals surface area contributed by atoms with Gasteiger partial charge in [0.05, 0.1) is 24.8 Å². The van der Waals surface area contributed by atoms with Crippen LogP contribution in [-0.4, -0.2) is 13.2 Å². The van der Waals surface area contributed by atoms with Gasteiger partial charge in [-0.05, 0) is 49.4 Å². The Balaban J connectivity index is 1.87. The molecule has 1 aromatic rings. The predicted molar refractivity (Wildman–Crippen MR) is 70.7 cm³/mol. The van der Waals surface area contributed by atoms with Crippen LogP contribution in [0.1, 0.15) is 30.4 Å². The van der Waals surface area contributed by atoms with E-state index in [1.807, 2.05) is 6.07 Å². The normalized spacial score (nSPS) is 22.4. The number of ether oxygens (including phenoxy) is 1. The van der Waals surface area contributed by atoms with Crippen LogP contribution in [0.2, 0.25) is 0 Å². The highest BCUT2D eigenvalue weighted by Gasteiger charge is 2.26. The van der Waals surface area contributed by atoms with E-state index in [4.69, 9.17) is 15.7 Å². The number of benzene rings is 1. The fourth-order valence-corrected chi connectivity index (χ4v) is 2.72. The molecule has 0 spiro atoms. The molecule has 0 amide bonds. The van der Waals surface area contributed by atoms with E-state index in [-0.39, 0.29) is 12.4 Å². The molecule has 1 saturated carbocycles. The molecule has 1 aromatic carbocycles. The Kier molecular flexibility index (Phi) is 4.89. The standard InChI is InChI=1S/C15H19FN2O/c16-15-5-4-11(7-17)6-14(15)10-19-9-13-3-1-2-12(13)8-18/h4-6,12-13H,1-3,8-10,18H2. The molecule has 0 aliphatic heterocycles. The summed E-state index contributed by atoms with van der Waals surface area (Å²) in [5.74, 6) is 0.711. The van der Waals surface area contributed by atoms with Gasteiger partial charge in [-0.2, -0.15) is 5.26 Å². The lowest BCUT2D eigenvalue weighted by Crippen LogP contribution is -2.22. The topological polar surface area (TPSA) is 59.0 Å². The molecular weight excluding hydrogens is 243 g/mol. The van der Waals surface area contributed by atoms with Gasteiger partial charge >= 0.3 is 0 Å². The summed E-state index contributed by atoms with van der Waals surface area (Å²) in [6, 6.07) is 6.34. The summed E-state index contributed by atoms with van der Waals surface area (Å²) in [6.45, 7) is 1.54. The van der Waals surface area contributed by atoms with Gasteiger partial charge in [0.2, 0.25) is 0 Å². The first-order valence-electron chi connectivity index (χ1n) is 6.71. The fourth-order valence-electron chi connectivity index (χ4n) is 2.72. The molecule has 19 heavy (non-hydrogen) atoms. The Hall–Kier alpha value is -1.44. The number of hydrogen-bond acceptors (Lipinski definition) is 3. The number of nitrogens with zero attached hydrogens (tertiary/aromatic N) is 1. The van der Waals surface area contributed by atoms with Gasteiger partial charge in [0.25, 0.3) is 0 Å². The first-order chi connectivity index (χ1) is 9.24. The third kappa shape index (κ3) is 3.52. The van der Waals surface area contributed by atoms with Crippen molar-refractivity contribution < 1.29 is 9.13 Å². The van der Waals surface area contributed by atoms with Crippen LogP contribution in [0, 0.1) is 29.0 Å². The first-order valence-corrected chi connectivity index (χ1v) is 6.71. The van der Waals surface area contributed by atoms with Gasteiger partial charge in [-0.15, -0.1) is 0 Å². The molecule has 0 bridgehead atoms. The highest BCUT2D eigenvalue weighted by molar-refractivity contribution is 5.33. The average molecular weight is 262 g/mol. The number of hydrogen-bond donors (Lipinski definition) is 1. The molecule has 102 valence electrons. The van der Waals surface area contributed by atoms with E-state index in [2.05, 4.69) is 0 Å². The van der Waals surface area contributed by atoms with Crippen LogP contribution in [0.15, 0.2) is 18.2 Å². The Morgan fingerprint density at radius 1 is 1.37 bits per heavy atom. The third-order valence-electron chi connectivity index (χ3n) is 3.88. The largest absolute Gasteiger partial charge is 0.376 e. The van der Waals surface area contributed by atoms with Crippen LogP contribution in [0.25, 0.3) is 0 Å². The smallest absolute Gasteiger partial charge is 0.128 e. The molecular formula is C15H19FN2O. The van der Waals surface area contributed by atoms with Crippen molar-refractivity contribution >= 4 is 0 Å². The maximum absolute atomic E-state index is 13.5. The summed E-state index contributed by atoms with van der Waals surface area (Å²) in [4.78, 5) is 0. The summed E-state index contributed by atoms with van der Waals surface area (Å²) < 4.78 is 19.2. The van der Waals surface area contributed by atoms with Gasteiger partial charge in [0, 0.05) is 5.56 Å². The van der Waals surface area contributed by atoms with E-state index in [0.717, 1.165) is 6.42 Å². The lowest BCUT2D eigenvalue weighted by atomic mass is 9.97. The van der Waals surface area contributed by atoms with E-state index >= 15 is 0 Å². The van der Waals surface area contributed by atoms with Crippen LogP contribution in [-0.2, 0) is 11.3 Å². The summed E-state index contributed by atoms with van der Waals surface area (Å²) in [6.07, 6.45) is 3.51. The van der Waals surface area contributed by atoms with Crippen molar-refractivity contribution in [3.8, 4) is 6.07 Å². The van der Waals surface area contributed by atoms with E-state index in [9.17, 15) is 4.39 Å². The van der Waals surface area contributed by atoms with Gasteiger partial charge in [0.1, 0.15) is 5.82 Å². The molecule has 2 N–H and O–H groups in total. The van der Waals surface area contributed by atoms with Crippen molar-refractivity contribution in [2.24, 2.45) is 17.6 Å². The van der Waals surface area contributed by atoms with Gasteiger partial charge < -0.3 is 10.5 Å². The van der Waals surface area contributed by atoms with Gasteiger partial charge in [0.15, 0.2) is 0 Å². The Morgan fingerprint density at radius 2 is 2.16 bits per heavy atom. The fraction of sp³-hybridized carbons (Fsp3) is 0.533. The van der Waals surface area contributed by atoms with E-state index in [1.165, 1.54) is 25.0 Å². The molecule has 0 heterocycles. The second-order valence-electron chi connectivity index (χ2n) is 5.12. The van der Waals surface area contributed by atoms with Crippen molar-refractivity contribution in [1.29, 1.82) is 5.26 Å². The number of nitriles is 1. The lowest BCUT2D eigenvalue weighted by molar-refractivity contribution is 0.0737. The molecule has 2 atom stereocenters. The van der Waals surface area contributed by atoms with Crippen molar-refractivity contribution in [1.82, 2.24) is 0 Å². The summed E-state index contributed by atoms with van der Waals surface area (Å²) in [7, 11) is 0. The summed E-state index contributed by atoms with van der Waals surface area (Å²) >= 11 is 0. The van der Waals surface area contributed by atoms with Crippen LogP contribution in [0.3, 0.4) is 0 Å². The highest BCUT2D eigenvalue weighted by Crippen LogP contribution is 2.31. The van der Waals surface area contributed by atoms with E-state index < -0.39 is 0 Å². The summed E-state index contributed by atoms with van der Waals surface area (Å²) in [5.41, 5.74) is 6.62. The number of halogens is 1. The van der Waals surface area contributed by atoms with Gasteiger partial charge in [-0.1, -0.05) is 6.42 Å². The van der Waals surface area contributed by atoms with Crippen molar-refractivity contribution in [2.75, 3.05) is 13.2 Å². The molecule has 0 aromatic heterocycles. The zero-order chi connectivity index (χ0) is 13.7. The Bertz CT molecular complexity index is 470. The van der Waals surface area contributed by atoms with E-state index in [0.29, 0.717) is 36.1 Å². The number of rotatable bonds is 5. The van der Waals surface area contributed by atoms with Crippen molar-refractivity contribution in [2.45, 2.75) is 25.9 Å². The minimum absolute atomic E-state index is 0.217. The van der Waals surface area contributed by atoms with Crippen LogP contribution < -0.4 is 5.73 Å². The van der Waals surface area contributed by atoms with Gasteiger partial charge in [-0.25, -0.2) is 4.39 Å². The van der Waals surface area contributed by atoms with Crippen LogP contribution in [0.4, 0.5) is 4.39 Å². The van der Waals surface area contributed by atoms with Crippen LogP contribution >= 0.6 is 0 Å². The minimum atomic E-state index is -0.319. The zero-order valence-electron chi connectivity index (χ0n) is 10.9. The second kappa shape index (κ2) is 6.65. The first kappa shape index (κ1) is 14.0. The maximum Gasteiger partial charge on any atom is 0.128 e. The molecule has 1 fully saturated rings. The zero-order valence-corrected chi connectivity index (χ0v) is 10.9. The number of nitrogens with two attached hydrogens (primary N) is 1. The monoisotopic (exact) mass is 262 g/mol. The van der Waals surface area contributed by atoms with Crippen molar-refractivity contribution in [3.63, 3.8) is 0 Å². The molecule has 4 heteroatoms. The Labute approximate surface area is 113 Å². The average Bonchev–Trinajstić information content (AvgIpc) is 2.88. The molecule has 2 unspecified atom stereocenters. The van der Waals surface area contributed by atoms with Crippen molar-refractivity contribution in [3.05, 3.63) is 35.1 Å². The molecule has 1 aliphatic carbocycles. The quantitative estimate of drug-likeness (QED) is 0.887. The van der Waals surface area contributed by atoms with Gasteiger partial charge in [-0.3, -0.25) is 0 Å². The molecule has 1 aliphatic rings. The molecule has 3 nitrogen and oxygen atoms in total. The molecule has 2 rings (SSSR count). The lowest BCUT2D eigenvalue weighted by Gasteiger charge is -2.17. The predicted octanol–water partition coefficient (Wildman–Crippen LogP) is 2.59. The molecule has 0 saturated heterocycles. The SMILES string of the molecule is N#Cc1ccc(F)c(COCC2CCCC2CN)c1. The van der Waals surface area contributed by atoms with E-state index in [1.54, 1.807) is 6.07 Å². The highest BCUT2D eigenvalue weighted by atomic mass is 19.1. The summed E-state index contributed by atoms with van der Waals surface area (Å²) in [5, 5.41) is 8.79. The van der Waals surface area contributed by atoms with Crippen LogP contribution in [0.5, 0.6) is 0 Å². The third-order valence-corrected chi connectivity index (χ3v) is 3.88.